The third-order valence-corrected chi connectivity index (χ3v) is 4.90. The molecule has 21 heavy (non-hydrogen) atoms. The Morgan fingerprint density at radius 3 is 2.71 bits per heavy atom. The van der Waals surface area contributed by atoms with Crippen LogP contribution in [0.15, 0.2) is 18.2 Å². The second-order valence-corrected chi connectivity index (χ2v) is 6.62. The number of aryl methyl sites for hydroxylation is 1. The zero-order valence-corrected chi connectivity index (χ0v) is 13.9. The summed E-state index contributed by atoms with van der Waals surface area (Å²) in [6, 6.07) is 6.91. The first-order valence-electron chi connectivity index (χ1n) is 8.13. The van der Waals surface area contributed by atoms with Crippen molar-refractivity contribution in [1.82, 2.24) is 4.90 Å². The summed E-state index contributed by atoms with van der Waals surface area (Å²) in [7, 11) is 3.93. The lowest BCUT2D eigenvalue weighted by Crippen LogP contribution is -2.42. The Balaban J connectivity index is 2.06. The minimum Gasteiger partial charge on any atom is -0.496 e. The highest BCUT2D eigenvalue weighted by Gasteiger charge is 2.26. The molecule has 0 aromatic heterocycles. The van der Waals surface area contributed by atoms with Crippen LogP contribution < -0.4 is 10.5 Å². The smallest absolute Gasteiger partial charge is 0.123 e. The summed E-state index contributed by atoms with van der Waals surface area (Å²) in [5.74, 6) is 1.67. The second-order valence-electron chi connectivity index (χ2n) is 6.62. The van der Waals surface area contributed by atoms with Gasteiger partial charge >= 0.3 is 0 Å². The van der Waals surface area contributed by atoms with Crippen LogP contribution >= 0.6 is 0 Å². The fraction of sp³-hybridized carbons (Fsp3) is 0.667. The standard InChI is InChI=1S/C18H30N2O/c1-13-9-10-18(21-4)15(11-13)16(19)12-20(3)17-8-6-5-7-14(17)2/h9-11,14,16-17H,5-8,12,19H2,1-4H3. The van der Waals surface area contributed by atoms with Crippen molar-refractivity contribution in [2.75, 3.05) is 20.7 Å². The van der Waals surface area contributed by atoms with E-state index in [1.165, 1.54) is 31.2 Å². The first kappa shape index (κ1) is 16.3. The molecule has 1 saturated carbocycles. The third kappa shape index (κ3) is 3.98. The summed E-state index contributed by atoms with van der Waals surface area (Å²) in [5, 5.41) is 0. The molecule has 3 unspecified atom stereocenters. The van der Waals surface area contributed by atoms with E-state index in [1.807, 2.05) is 6.07 Å². The van der Waals surface area contributed by atoms with E-state index in [1.54, 1.807) is 7.11 Å². The number of hydrogen-bond acceptors (Lipinski definition) is 3. The largest absolute Gasteiger partial charge is 0.496 e. The average molecular weight is 290 g/mol. The molecule has 1 fully saturated rings. The Morgan fingerprint density at radius 1 is 1.33 bits per heavy atom. The van der Waals surface area contributed by atoms with Crippen LogP contribution in [0.2, 0.25) is 0 Å². The van der Waals surface area contributed by atoms with E-state index in [0.717, 1.165) is 23.8 Å². The molecule has 3 atom stereocenters. The average Bonchev–Trinajstić information content (AvgIpc) is 2.47. The van der Waals surface area contributed by atoms with Gasteiger partial charge in [0.2, 0.25) is 0 Å². The van der Waals surface area contributed by atoms with Crippen LogP contribution in [-0.4, -0.2) is 31.6 Å². The van der Waals surface area contributed by atoms with E-state index in [-0.39, 0.29) is 6.04 Å². The van der Waals surface area contributed by atoms with Crippen LogP contribution in [0.5, 0.6) is 5.75 Å². The van der Waals surface area contributed by atoms with Crippen LogP contribution in [0.3, 0.4) is 0 Å². The topological polar surface area (TPSA) is 38.5 Å². The molecule has 1 aromatic rings. The van der Waals surface area contributed by atoms with Gasteiger partial charge in [0.05, 0.1) is 7.11 Å². The van der Waals surface area contributed by atoms with Gasteiger partial charge in [-0.05, 0) is 38.8 Å². The maximum atomic E-state index is 6.47. The molecule has 1 aliphatic rings. The zero-order valence-electron chi connectivity index (χ0n) is 13.9. The highest BCUT2D eigenvalue weighted by atomic mass is 16.5. The van der Waals surface area contributed by atoms with Gasteiger partial charge in [0, 0.05) is 24.2 Å². The number of nitrogens with two attached hydrogens (primary N) is 1. The molecule has 0 spiro atoms. The molecular formula is C18H30N2O. The van der Waals surface area contributed by atoms with Crippen LogP contribution in [0.4, 0.5) is 0 Å². The Bertz CT molecular complexity index is 461. The maximum Gasteiger partial charge on any atom is 0.123 e. The van der Waals surface area contributed by atoms with E-state index >= 15 is 0 Å². The number of nitrogens with zero attached hydrogens (tertiary/aromatic N) is 1. The SMILES string of the molecule is COc1ccc(C)cc1C(N)CN(C)C1CCCCC1C. The number of ether oxygens (including phenoxy) is 1. The van der Waals surface area contributed by atoms with Crippen molar-refractivity contribution in [2.24, 2.45) is 11.7 Å². The molecule has 3 heteroatoms. The Hall–Kier alpha value is -1.06. The number of benzene rings is 1. The van der Waals surface area contributed by atoms with Gasteiger partial charge in [-0.25, -0.2) is 0 Å². The monoisotopic (exact) mass is 290 g/mol. The summed E-state index contributed by atoms with van der Waals surface area (Å²) in [4.78, 5) is 2.45. The molecule has 1 aliphatic carbocycles. The van der Waals surface area contributed by atoms with Gasteiger partial charge in [-0.15, -0.1) is 0 Å². The minimum atomic E-state index is -0.000948. The summed E-state index contributed by atoms with van der Waals surface area (Å²) >= 11 is 0. The van der Waals surface area contributed by atoms with E-state index in [4.69, 9.17) is 10.5 Å². The Morgan fingerprint density at radius 2 is 2.05 bits per heavy atom. The molecule has 0 heterocycles. The number of likely N-dealkylation sites (N-methyl/N-ethyl adjacent to an activating group) is 1. The van der Waals surface area contributed by atoms with Crippen molar-refractivity contribution in [3.8, 4) is 5.75 Å². The fourth-order valence-electron chi connectivity index (χ4n) is 3.64. The predicted molar refractivity (Wildman–Crippen MR) is 88.7 cm³/mol. The van der Waals surface area contributed by atoms with Crippen molar-refractivity contribution in [3.63, 3.8) is 0 Å². The van der Waals surface area contributed by atoms with Crippen LogP contribution in [0.1, 0.15) is 49.8 Å². The highest BCUT2D eigenvalue weighted by molar-refractivity contribution is 5.39. The first-order chi connectivity index (χ1) is 10.0. The zero-order chi connectivity index (χ0) is 15.4. The van der Waals surface area contributed by atoms with Crippen molar-refractivity contribution < 1.29 is 4.74 Å². The second kappa shape index (κ2) is 7.28. The summed E-state index contributed by atoms with van der Waals surface area (Å²) < 4.78 is 5.47. The van der Waals surface area contributed by atoms with Crippen LogP contribution in [0, 0.1) is 12.8 Å². The van der Waals surface area contributed by atoms with Crippen molar-refractivity contribution in [3.05, 3.63) is 29.3 Å². The molecular weight excluding hydrogens is 260 g/mol. The summed E-state index contributed by atoms with van der Waals surface area (Å²) in [5.41, 5.74) is 8.82. The fourth-order valence-corrected chi connectivity index (χ4v) is 3.64. The highest BCUT2D eigenvalue weighted by Crippen LogP contribution is 2.30. The normalized spacial score (nSPS) is 24.1. The van der Waals surface area contributed by atoms with Crippen LogP contribution in [0.25, 0.3) is 0 Å². The molecule has 2 rings (SSSR count). The Labute approximate surface area is 129 Å². The number of rotatable bonds is 5. The third-order valence-electron chi connectivity index (χ3n) is 4.90. The van der Waals surface area contributed by atoms with Crippen molar-refractivity contribution in [2.45, 2.75) is 51.6 Å². The van der Waals surface area contributed by atoms with Crippen molar-refractivity contribution >= 4 is 0 Å². The molecule has 0 saturated heterocycles. The molecule has 0 aliphatic heterocycles. The predicted octanol–water partition coefficient (Wildman–Crippen LogP) is 3.51. The summed E-state index contributed by atoms with van der Waals surface area (Å²) in [6.45, 7) is 5.36. The van der Waals surface area contributed by atoms with Gasteiger partial charge in [-0.3, -0.25) is 0 Å². The molecule has 0 amide bonds. The van der Waals surface area contributed by atoms with Gasteiger partial charge in [-0.1, -0.05) is 37.5 Å². The molecule has 118 valence electrons. The number of methoxy groups -OCH3 is 1. The maximum absolute atomic E-state index is 6.47. The number of hydrogen-bond donors (Lipinski definition) is 1. The minimum absolute atomic E-state index is 0.000948. The lowest BCUT2D eigenvalue weighted by molar-refractivity contribution is 0.132. The lowest BCUT2D eigenvalue weighted by Gasteiger charge is -2.37. The first-order valence-corrected chi connectivity index (χ1v) is 8.13. The molecule has 3 nitrogen and oxygen atoms in total. The Kier molecular flexibility index (Phi) is 5.65. The summed E-state index contributed by atoms with van der Waals surface area (Å²) in [6.07, 6.45) is 5.37. The molecule has 0 radical (unpaired) electrons. The van der Waals surface area contributed by atoms with Gasteiger partial charge in [-0.2, -0.15) is 0 Å². The van der Waals surface area contributed by atoms with Gasteiger partial charge in [0.1, 0.15) is 5.75 Å². The molecule has 0 bridgehead atoms. The lowest BCUT2D eigenvalue weighted by atomic mass is 9.85. The van der Waals surface area contributed by atoms with Gasteiger partial charge in [0.25, 0.3) is 0 Å². The van der Waals surface area contributed by atoms with Gasteiger partial charge in [0.15, 0.2) is 0 Å². The molecule has 1 aromatic carbocycles. The van der Waals surface area contributed by atoms with E-state index in [9.17, 15) is 0 Å². The van der Waals surface area contributed by atoms with Crippen molar-refractivity contribution in [1.29, 1.82) is 0 Å². The molecule has 2 N–H and O–H groups in total. The van der Waals surface area contributed by atoms with Gasteiger partial charge < -0.3 is 15.4 Å². The quantitative estimate of drug-likeness (QED) is 0.902. The van der Waals surface area contributed by atoms with Crippen LogP contribution in [-0.2, 0) is 0 Å². The van der Waals surface area contributed by atoms with E-state index in [2.05, 4.69) is 37.9 Å². The van der Waals surface area contributed by atoms with E-state index < -0.39 is 0 Å². The van der Waals surface area contributed by atoms with E-state index in [0.29, 0.717) is 6.04 Å².